The van der Waals surface area contributed by atoms with E-state index in [2.05, 4.69) is 10.1 Å². The van der Waals surface area contributed by atoms with E-state index in [1.54, 1.807) is 18.3 Å². The van der Waals surface area contributed by atoms with E-state index in [1.165, 1.54) is 37.5 Å². The van der Waals surface area contributed by atoms with E-state index in [9.17, 15) is 18.8 Å². The number of para-hydroxylation sites is 2. The number of halogens is 1. The van der Waals surface area contributed by atoms with Crippen LogP contribution in [0.5, 0.6) is 0 Å². The number of anilines is 1. The first-order valence-corrected chi connectivity index (χ1v) is 11.2. The topological polar surface area (TPSA) is 93.8 Å². The zero-order chi connectivity index (χ0) is 25.4. The summed E-state index contributed by atoms with van der Waals surface area (Å²) in [5, 5.41) is 3.04. The minimum Gasteiger partial charge on any atom is -0.463 e. The number of esters is 1. The lowest BCUT2D eigenvalue weighted by atomic mass is 10.1. The van der Waals surface area contributed by atoms with E-state index in [-0.39, 0.29) is 28.7 Å². The Balaban J connectivity index is 1.54. The fourth-order valence-electron chi connectivity index (χ4n) is 4.03. The first kappa shape index (κ1) is 23.2. The van der Waals surface area contributed by atoms with Gasteiger partial charge in [-0.3, -0.25) is 14.9 Å². The van der Waals surface area contributed by atoms with Crippen LogP contribution < -0.4 is 10.2 Å². The van der Waals surface area contributed by atoms with E-state index >= 15 is 0 Å². The van der Waals surface area contributed by atoms with Gasteiger partial charge in [-0.25, -0.2) is 14.1 Å². The normalized spacial score (nSPS) is 15.0. The molecule has 10 heteroatoms. The number of hydrogen-bond donors (Lipinski definition) is 1. The Bertz CT molecular complexity index is 1590. The third-order valence-corrected chi connectivity index (χ3v) is 5.97. The van der Waals surface area contributed by atoms with Gasteiger partial charge in [0.2, 0.25) is 5.76 Å². The predicted octanol–water partition coefficient (Wildman–Crippen LogP) is 4.04. The van der Waals surface area contributed by atoms with Crippen LogP contribution in [0.2, 0.25) is 0 Å². The lowest BCUT2D eigenvalue weighted by molar-refractivity contribution is -0.122. The van der Waals surface area contributed by atoms with Gasteiger partial charge in [0.15, 0.2) is 5.11 Å². The fourth-order valence-corrected chi connectivity index (χ4v) is 4.30. The number of nitrogens with one attached hydrogen (secondary N) is 1. The Morgan fingerprint density at radius 2 is 1.86 bits per heavy atom. The van der Waals surface area contributed by atoms with Crippen molar-refractivity contribution in [3.63, 3.8) is 0 Å². The molecule has 1 fully saturated rings. The van der Waals surface area contributed by atoms with Gasteiger partial charge in [-0.2, -0.15) is 0 Å². The van der Waals surface area contributed by atoms with Crippen LogP contribution in [0.15, 0.2) is 76.9 Å². The van der Waals surface area contributed by atoms with Crippen LogP contribution in [0.1, 0.15) is 21.9 Å². The van der Waals surface area contributed by atoms with Gasteiger partial charge >= 0.3 is 5.97 Å². The maximum atomic E-state index is 14.4. The number of hydrogen-bond acceptors (Lipinski definition) is 6. The van der Waals surface area contributed by atoms with Crippen molar-refractivity contribution < 1.29 is 27.9 Å². The van der Waals surface area contributed by atoms with Crippen molar-refractivity contribution >= 4 is 57.8 Å². The third kappa shape index (κ3) is 4.07. The number of carbonyl (C=O) groups excluding carboxylic acids is 3. The molecule has 1 N–H and O–H groups in total. The standard InChI is InChI=1S/C26H18FN3O5S/c1-34-25(33)22-11-10-16(35-22)14-29-13-15(17-6-2-4-8-20(17)29)12-18-23(31)28-26(36)30(24(18)32)21-9-5-3-7-19(21)27/h2-13H,14H2,1H3,(H,28,31,36)/b18-12+. The van der Waals surface area contributed by atoms with Crippen LogP contribution >= 0.6 is 12.2 Å². The molecule has 1 aliphatic rings. The molecule has 0 saturated carbocycles. The van der Waals surface area contributed by atoms with Crippen LogP contribution in [0, 0.1) is 5.82 Å². The number of ether oxygens (including phenoxy) is 1. The second-order valence-electron chi connectivity index (χ2n) is 7.90. The van der Waals surface area contributed by atoms with Gasteiger partial charge in [0, 0.05) is 22.7 Å². The minimum atomic E-state index is -0.737. The average Bonchev–Trinajstić information content (AvgIpc) is 3.47. The second kappa shape index (κ2) is 9.23. The molecule has 0 aliphatic carbocycles. The van der Waals surface area contributed by atoms with Crippen molar-refractivity contribution in [1.82, 2.24) is 9.88 Å². The van der Waals surface area contributed by atoms with Crippen molar-refractivity contribution in [2.24, 2.45) is 0 Å². The van der Waals surface area contributed by atoms with Crippen LogP contribution in [0.4, 0.5) is 10.1 Å². The summed E-state index contributed by atoms with van der Waals surface area (Å²) in [6, 6.07) is 16.3. The summed E-state index contributed by atoms with van der Waals surface area (Å²) in [5.74, 6) is -2.05. The molecule has 36 heavy (non-hydrogen) atoms. The number of nitrogens with zero attached hydrogens (tertiary/aromatic N) is 2. The van der Waals surface area contributed by atoms with E-state index in [1.807, 2.05) is 28.8 Å². The van der Waals surface area contributed by atoms with Crippen LogP contribution in [0.25, 0.3) is 17.0 Å². The number of furan rings is 1. The summed E-state index contributed by atoms with van der Waals surface area (Å²) in [5.41, 5.74) is 1.15. The Labute approximate surface area is 209 Å². The first-order valence-electron chi connectivity index (χ1n) is 10.8. The number of amides is 2. The number of fused-ring (bicyclic) bond motifs is 1. The smallest absolute Gasteiger partial charge is 0.373 e. The van der Waals surface area contributed by atoms with Gasteiger partial charge in [0.1, 0.15) is 17.2 Å². The molecule has 1 saturated heterocycles. The molecule has 0 atom stereocenters. The van der Waals surface area contributed by atoms with Crippen molar-refractivity contribution in [2.45, 2.75) is 6.54 Å². The zero-order valence-corrected chi connectivity index (χ0v) is 19.7. The SMILES string of the molecule is COC(=O)c1ccc(Cn2cc(/C=C3\C(=O)NC(=S)N(c4ccccc4F)C3=O)c3ccccc32)o1. The van der Waals surface area contributed by atoms with Gasteiger partial charge in [-0.05, 0) is 48.6 Å². The summed E-state index contributed by atoms with van der Waals surface area (Å²) >= 11 is 5.16. The molecule has 4 aromatic rings. The summed E-state index contributed by atoms with van der Waals surface area (Å²) in [6.07, 6.45) is 3.22. The molecule has 0 unspecified atom stereocenters. The highest BCUT2D eigenvalue weighted by atomic mass is 32.1. The highest BCUT2D eigenvalue weighted by Gasteiger charge is 2.35. The van der Waals surface area contributed by atoms with Crippen LogP contribution in [0.3, 0.4) is 0 Å². The number of thiocarbonyl (C=S) groups is 1. The van der Waals surface area contributed by atoms with Gasteiger partial charge in [0.25, 0.3) is 11.8 Å². The van der Waals surface area contributed by atoms with Crippen LogP contribution in [-0.2, 0) is 20.9 Å². The number of aromatic nitrogens is 1. The average molecular weight is 504 g/mol. The van der Waals surface area contributed by atoms with E-state index in [0.29, 0.717) is 11.3 Å². The number of benzene rings is 2. The van der Waals surface area contributed by atoms with E-state index in [4.69, 9.17) is 16.6 Å². The zero-order valence-electron chi connectivity index (χ0n) is 18.9. The quantitative estimate of drug-likeness (QED) is 0.191. The van der Waals surface area contributed by atoms with Crippen molar-refractivity contribution in [1.29, 1.82) is 0 Å². The lowest BCUT2D eigenvalue weighted by Gasteiger charge is -2.29. The molecule has 3 heterocycles. The third-order valence-electron chi connectivity index (χ3n) is 5.69. The molecule has 2 aromatic carbocycles. The van der Waals surface area contributed by atoms with Gasteiger partial charge < -0.3 is 13.7 Å². The summed E-state index contributed by atoms with van der Waals surface area (Å²) < 4.78 is 26.6. The summed E-state index contributed by atoms with van der Waals surface area (Å²) in [6.45, 7) is 0.284. The Hall–Kier alpha value is -4.57. The van der Waals surface area contributed by atoms with Crippen molar-refractivity contribution in [2.75, 3.05) is 12.0 Å². The molecule has 2 aromatic heterocycles. The molecule has 5 rings (SSSR count). The first-order chi connectivity index (χ1) is 17.4. The summed E-state index contributed by atoms with van der Waals surface area (Å²) in [7, 11) is 1.27. The predicted molar refractivity (Wildman–Crippen MR) is 134 cm³/mol. The molecular formula is C26H18FN3O5S. The second-order valence-corrected chi connectivity index (χ2v) is 8.28. The molecule has 0 radical (unpaired) electrons. The number of rotatable bonds is 5. The van der Waals surface area contributed by atoms with Gasteiger partial charge in [0.05, 0.1) is 19.3 Å². The molecule has 0 spiro atoms. The molecule has 180 valence electrons. The highest BCUT2D eigenvalue weighted by molar-refractivity contribution is 7.80. The lowest BCUT2D eigenvalue weighted by Crippen LogP contribution is -2.54. The van der Waals surface area contributed by atoms with Crippen LogP contribution in [-0.4, -0.2) is 34.6 Å². The minimum absolute atomic E-state index is 0.0555. The van der Waals surface area contributed by atoms with E-state index < -0.39 is 23.6 Å². The van der Waals surface area contributed by atoms with Gasteiger partial charge in [-0.15, -0.1) is 0 Å². The molecular weight excluding hydrogens is 485 g/mol. The maximum absolute atomic E-state index is 14.4. The van der Waals surface area contributed by atoms with Crippen molar-refractivity contribution in [3.05, 3.63) is 95.3 Å². The van der Waals surface area contributed by atoms with E-state index in [0.717, 1.165) is 15.8 Å². The maximum Gasteiger partial charge on any atom is 0.373 e. The molecule has 1 aliphatic heterocycles. The Morgan fingerprint density at radius 3 is 2.64 bits per heavy atom. The number of methoxy groups -OCH3 is 1. The number of carbonyl (C=O) groups is 3. The fraction of sp³-hybridized carbons (Fsp3) is 0.0769. The molecule has 8 nitrogen and oxygen atoms in total. The Kier molecular flexibility index (Phi) is 5.95. The largest absolute Gasteiger partial charge is 0.463 e. The molecule has 2 amide bonds. The monoisotopic (exact) mass is 503 g/mol. The summed E-state index contributed by atoms with van der Waals surface area (Å²) in [4.78, 5) is 38.7. The van der Waals surface area contributed by atoms with Gasteiger partial charge in [-0.1, -0.05) is 30.3 Å². The molecule has 0 bridgehead atoms. The Morgan fingerprint density at radius 1 is 1.11 bits per heavy atom. The highest BCUT2D eigenvalue weighted by Crippen LogP contribution is 2.28. The van der Waals surface area contributed by atoms with Crippen molar-refractivity contribution in [3.8, 4) is 0 Å².